The molecule has 1 aromatic rings. The number of likely N-dealkylation sites (tertiary alicyclic amines) is 1. The normalized spacial score (nSPS) is 24.6. The lowest BCUT2D eigenvalue weighted by atomic mass is 9.83. The fourth-order valence-corrected chi connectivity index (χ4v) is 9.78. The Bertz CT molecular complexity index is 1670. The number of hydrogen-bond acceptors (Lipinski definition) is 8. The highest BCUT2D eigenvalue weighted by Gasteiger charge is 2.70. The molecule has 2 heterocycles. The fraction of sp³-hybridized carbons (Fsp3) is 0.744. The zero-order valence-corrected chi connectivity index (χ0v) is 33.5. The van der Waals surface area contributed by atoms with Crippen molar-refractivity contribution in [1.29, 1.82) is 0 Å². The van der Waals surface area contributed by atoms with E-state index in [0.29, 0.717) is 25.8 Å². The highest BCUT2D eigenvalue weighted by Crippen LogP contribution is 2.65. The van der Waals surface area contributed by atoms with E-state index in [4.69, 9.17) is 0 Å². The van der Waals surface area contributed by atoms with Crippen LogP contribution >= 0.6 is 0 Å². The number of carbonyl (C=O) groups excluding carboxylic acids is 5. The van der Waals surface area contributed by atoms with Crippen LogP contribution < -0.4 is 21.3 Å². The summed E-state index contributed by atoms with van der Waals surface area (Å²) in [5, 5.41) is 11.4. The summed E-state index contributed by atoms with van der Waals surface area (Å²) in [5.41, 5.74) is -1.22. The summed E-state index contributed by atoms with van der Waals surface area (Å²) in [6.07, 6.45) is 8.90. The monoisotopic (exact) mass is 756 g/mol. The van der Waals surface area contributed by atoms with Gasteiger partial charge in [0.25, 0.3) is 5.91 Å². The molecule has 5 rings (SSSR count). The summed E-state index contributed by atoms with van der Waals surface area (Å²) < 4.78 is 25.7. The van der Waals surface area contributed by atoms with Gasteiger partial charge in [-0.1, -0.05) is 72.8 Å². The van der Waals surface area contributed by atoms with Gasteiger partial charge in [-0.25, -0.2) is 13.2 Å². The van der Waals surface area contributed by atoms with E-state index in [-0.39, 0.29) is 35.5 Å². The number of amides is 5. The average Bonchev–Trinajstić information content (AvgIpc) is 3.92. The van der Waals surface area contributed by atoms with E-state index in [9.17, 15) is 32.4 Å². The molecular weight excluding hydrogens is 697 g/mol. The van der Waals surface area contributed by atoms with Crippen molar-refractivity contribution in [2.45, 2.75) is 142 Å². The third-order valence-corrected chi connectivity index (χ3v) is 14.8. The van der Waals surface area contributed by atoms with Crippen molar-refractivity contribution in [3.63, 3.8) is 0 Å². The Morgan fingerprint density at radius 2 is 1.64 bits per heavy atom. The predicted molar refractivity (Wildman–Crippen MR) is 201 cm³/mol. The summed E-state index contributed by atoms with van der Waals surface area (Å²) >= 11 is 0. The lowest BCUT2D eigenvalue weighted by Crippen LogP contribution is -2.64. The average molecular weight is 757 g/mol. The first-order chi connectivity index (χ1) is 24.6. The summed E-state index contributed by atoms with van der Waals surface area (Å²) in [6.45, 7) is 15.0. The quantitative estimate of drug-likeness (QED) is 0.220. The number of nitrogens with zero attached hydrogens (tertiary/aromatic N) is 2. The molecule has 5 amide bonds. The minimum atomic E-state index is -3.57. The molecule has 1 aromatic heterocycles. The van der Waals surface area contributed by atoms with E-state index >= 15 is 0 Å². The Morgan fingerprint density at radius 3 is 2.21 bits per heavy atom. The number of fused-ring (bicyclic) bond motifs is 1. The van der Waals surface area contributed by atoms with E-state index in [1.165, 1.54) is 4.90 Å². The zero-order valence-electron chi connectivity index (χ0n) is 32.7. The number of nitrogens with one attached hydrogen (secondary N) is 4. The van der Waals surface area contributed by atoms with Gasteiger partial charge in [0.05, 0.1) is 22.1 Å². The van der Waals surface area contributed by atoms with Gasteiger partial charge in [0.1, 0.15) is 12.1 Å². The van der Waals surface area contributed by atoms with Crippen LogP contribution in [0.1, 0.15) is 112 Å². The summed E-state index contributed by atoms with van der Waals surface area (Å²) in [7, 11) is -3.57. The second-order valence-electron chi connectivity index (χ2n) is 18.6. The van der Waals surface area contributed by atoms with Crippen LogP contribution in [0.2, 0.25) is 0 Å². The Labute approximate surface area is 314 Å². The van der Waals surface area contributed by atoms with Crippen LogP contribution in [0.5, 0.6) is 0 Å². The first kappa shape index (κ1) is 40.6. The molecule has 1 unspecified atom stereocenters. The largest absolute Gasteiger partial charge is 0.345 e. The van der Waals surface area contributed by atoms with Gasteiger partial charge in [0.15, 0.2) is 9.84 Å². The molecule has 1 saturated heterocycles. The summed E-state index contributed by atoms with van der Waals surface area (Å²) in [4.78, 5) is 74.7. The number of aromatic nitrogens is 1. The van der Waals surface area contributed by atoms with Crippen LogP contribution in [0.25, 0.3) is 0 Å². The minimum absolute atomic E-state index is 0.0464. The van der Waals surface area contributed by atoms with Crippen molar-refractivity contribution in [2.24, 2.45) is 28.6 Å². The van der Waals surface area contributed by atoms with Gasteiger partial charge in [0.2, 0.25) is 17.6 Å². The smallest absolute Gasteiger partial charge is 0.315 e. The third-order valence-electron chi connectivity index (χ3n) is 12.0. The number of carbonyl (C=O) groups is 5. The Morgan fingerprint density at radius 1 is 0.981 bits per heavy atom. The fourth-order valence-electron chi connectivity index (χ4n) is 8.26. The SMILES string of the molecule is CC(C)(C)[C@H](NC(=O)NC1(CS(=O)(=O)C(C)(C)C)CCCCC1)C(=O)N1C[C@H]2[C@@H]([C@H]1C(=O)NC(CC1CC1)C(=O)C(=O)NCc1cccnc1)C2(C)C. The summed E-state index contributed by atoms with van der Waals surface area (Å²) in [6, 6.07) is -0.0778. The van der Waals surface area contributed by atoms with Crippen molar-refractivity contribution in [3.05, 3.63) is 30.1 Å². The number of urea groups is 1. The molecule has 0 spiro atoms. The van der Waals surface area contributed by atoms with E-state index in [1.54, 1.807) is 45.3 Å². The molecule has 14 heteroatoms. The van der Waals surface area contributed by atoms with E-state index in [1.807, 2.05) is 20.8 Å². The van der Waals surface area contributed by atoms with Gasteiger partial charge in [0, 0.05) is 25.5 Å². The van der Waals surface area contributed by atoms with Gasteiger partial charge in [-0.15, -0.1) is 0 Å². The van der Waals surface area contributed by atoms with Crippen LogP contribution in [0, 0.1) is 28.6 Å². The number of pyridine rings is 1. The van der Waals surface area contributed by atoms with Crippen molar-refractivity contribution in [2.75, 3.05) is 12.3 Å². The van der Waals surface area contributed by atoms with Gasteiger partial charge in [-0.2, -0.15) is 0 Å². The van der Waals surface area contributed by atoms with Gasteiger partial charge >= 0.3 is 6.03 Å². The van der Waals surface area contributed by atoms with E-state index < -0.39 is 73.2 Å². The lowest BCUT2D eigenvalue weighted by molar-refractivity contribution is -0.145. The number of sulfone groups is 1. The lowest BCUT2D eigenvalue weighted by Gasteiger charge is -2.41. The highest BCUT2D eigenvalue weighted by atomic mass is 32.2. The molecule has 5 atom stereocenters. The van der Waals surface area contributed by atoms with Gasteiger partial charge < -0.3 is 26.2 Å². The number of Topliss-reactive ketones (excluding diaryl/α,β-unsaturated/α-hetero) is 1. The Hall–Kier alpha value is -3.55. The Balaban J connectivity index is 1.32. The van der Waals surface area contributed by atoms with Crippen molar-refractivity contribution in [3.8, 4) is 0 Å². The van der Waals surface area contributed by atoms with E-state index in [2.05, 4.69) is 40.1 Å². The second kappa shape index (κ2) is 14.9. The zero-order chi connectivity index (χ0) is 39.1. The van der Waals surface area contributed by atoms with Crippen molar-refractivity contribution < 1.29 is 32.4 Å². The van der Waals surface area contributed by atoms with Crippen molar-refractivity contribution in [1.82, 2.24) is 31.2 Å². The number of rotatable bonds is 13. The van der Waals surface area contributed by atoms with Gasteiger partial charge in [-0.3, -0.25) is 24.2 Å². The van der Waals surface area contributed by atoms with Crippen LogP contribution in [0.4, 0.5) is 4.79 Å². The molecule has 13 nitrogen and oxygen atoms in total. The predicted octanol–water partition coefficient (Wildman–Crippen LogP) is 3.66. The molecule has 294 valence electrons. The first-order valence-electron chi connectivity index (χ1n) is 19.2. The topological polar surface area (TPSA) is 184 Å². The molecule has 3 aliphatic carbocycles. The highest BCUT2D eigenvalue weighted by molar-refractivity contribution is 7.92. The number of piperidine rings is 1. The Kier molecular flexibility index (Phi) is 11.5. The minimum Gasteiger partial charge on any atom is -0.345 e. The third kappa shape index (κ3) is 9.23. The standard InChI is InChI=1S/C39H60N6O7S/c1-36(2,3)31(43-35(50)44-39(16-10-9-11-17-39)23-53(51,52)37(4,5)6)34(49)45-22-26-28(38(26,7)8)29(45)32(47)42-27(19-24-14-15-24)30(46)33(48)41-21-25-13-12-18-40-20-25/h12-13,18,20,24,26-29,31H,9-11,14-17,19,21-23H2,1-8H3,(H,41,48)(H,42,47)(H2,43,44,50)/t26-,27?,28-,29-,31+/m0/s1. The number of hydrogen-bond donors (Lipinski definition) is 4. The van der Waals surface area contributed by atoms with Crippen LogP contribution in [-0.2, 0) is 35.6 Å². The maximum Gasteiger partial charge on any atom is 0.315 e. The second-order valence-corrected chi connectivity index (χ2v) is 21.4. The molecule has 53 heavy (non-hydrogen) atoms. The van der Waals surface area contributed by atoms with Crippen LogP contribution in [0.3, 0.4) is 0 Å². The van der Waals surface area contributed by atoms with Crippen LogP contribution in [-0.4, -0.2) is 88.5 Å². The summed E-state index contributed by atoms with van der Waals surface area (Å²) in [5.74, 6) is -2.52. The van der Waals surface area contributed by atoms with Crippen LogP contribution in [0.15, 0.2) is 24.5 Å². The molecular formula is C39H60N6O7S. The molecule has 4 aliphatic rings. The molecule has 4 fully saturated rings. The maximum atomic E-state index is 14.6. The molecule has 0 radical (unpaired) electrons. The molecule has 0 aromatic carbocycles. The van der Waals surface area contributed by atoms with Crippen molar-refractivity contribution >= 4 is 39.4 Å². The van der Waals surface area contributed by atoms with E-state index in [0.717, 1.165) is 37.7 Å². The molecule has 0 bridgehead atoms. The van der Waals surface area contributed by atoms with Gasteiger partial charge in [-0.05, 0) is 80.2 Å². The first-order valence-corrected chi connectivity index (χ1v) is 20.8. The maximum absolute atomic E-state index is 14.6. The molecule has 4 N–H and O–H groups in total. The molecule has 1 aliphatic heterocycles. The number of ketones is 1. The molecule has 3 saturated carbocycles.